The van der Waals surface area contributed by atoms with Crippen molar-refractivity contribution in [3.8, 4) is 11.5 Å². The van der Waals surface area contributed by atoms with Gasteiger partial charge in [0.05, 0.1) is 6.61 Å². The SMILES string of the molecule is CC(C)NCC(O)COc1ccc(O)c(CO)c1.O=C(O)C(=O)O. The molecule has 0 aliphatic heterocycles. The van der Waals surface area contributed by atoms with E-state index >= 15 is 0 Å². The Morgan fingerprint density at radius 2 is 1.79 bits per heavy atom. The molecule has 0 heterocycles. The number of rotatable bonds is 7. The van der Waals surface area contributed by atoms with Gasteiger partial charge in [0, 0.05) is 18.2 Å². The fourth-order valence-corrected chi connectivity index (χ4v) is 1.40. The molecular formula is C15H23NO8. The molecule has 0 aromatic heterocycles. The van der Waals surface area contributed by atoms with E-state index in [1.807, 2.05) is 13.8 Å². The summed E-state index contributed by atoms with van der Waals surface area (Å²) < 4.78 is 5.39. The predicted octanol–water partition coefficient (Wildman–Crippen LogP) is -0.222. The Morgan fingerprint density at radius 3 is 2.25 bits per heavy atom. The summed E-state index contributed by atoms with van der Waals surface area (Å²) in [6.45, 7) is 4.38. The number of phenols is 1. The first-order valence-corrected chi connectivity index (χ1v) is 7.10. The van der Waals surface area contributed by atoms with Crippen LogP contribution in [0.25, 0.3) is 0 Å². The maximum atomic E-state index is 9.65. The summed E-state index contributed by atoms with van der Waals surface area (Å²) in [6.07, 6.45) is -0.598. The lowest BCUT2D eigenvalue weighted by Crippen LogP contribution is -2.35. The number of ether oxygens (including phenoxy) is 1. The van der Waals surface area contributed by atoms with Crippen LogP contribution in [0.2, 0.25) is 0 Å². The number of carboxylic acids is 2. The number of hydrogen-bond acceptors (Lipinski definition) is 7. The summed E-state index contributed by atoms with van der Waals surface area (Å²) >= 11 is 0. The van der Waals surface area contributed by atoms with Crippen LogP contribution in [0.3, 0.4) is 0 Å². The van der Waals surface area contributed by atoms with Crippen molar-refractivity contribution in [2.24, 2.45) is 0 Å². The van der Waals surface area contributed by atoms with Crippen LogP contribution in [0.15, 0.2) is 18.2 Å². The molecule has 0 saturated carbocycles. The molecule has 1 aromatic carbocycles. The lowest BCUT2D eigenvalue weighted by atomic mass is 10.2. The highest BCUT2D eigenvalue weighted by Crippen LogP contribution is 2.22. The van der Waals surface area contributed by atoms with Crippen LogP contribution in [0, 0.1) is 0 Å². The first-order valence-electron chi connectivity index (χ1n) is 7.10. The van der Waals surface area contributed by atoms with Crippen LogP contribution in [0.4, 0.5) is 0 Å². The Morgan fingerprint density at radius 1 is 1.21 bits per heavy atom. The van der Waals surface area contributed by atoms with Gasteiger partial charge in [0.1, 0.15) is 24.2 Å². The largest absolute Gasteiger partial charge is 0.508 e. The zero-order valence-electron chi connectivity index (χ0n) is 13.5. The predicted molar refractivity (Wildman–Crippen MR) is 83.9 cm³/mol. The summed E-state index contributed by atoms with van der Waals surface area (Å²) in [5.41, 5.74) is 0.405. The number of benzene rings is 1. The van der Waals surface area contributed by atoms with Gasteiger partial charge in [-0.15, -0.1) is 0 Å². The Balaban J connectivity index is 0.000000754. The van der Waals surface area contributed by atoms with Crippen molar-refractivity contribution < 1.29 is 39.9 Å². The molecule has 136 valence electrons. The summed E-state index contributed by atoms with van der Waals surface area (Å²) in [5, 5.41) is 45.9. The van der Waals surface area contributed by atoms with Crippen LogP contribution in [0.5, 0.6) is 11.5 Å². The molecule has 1 unspecified atom stereocenters. The molecule has 0 amide bonds. The molecule has 1 atom stereocenters. The van der Waals surface area contributed by atoms with E-state index in [-0.39, 0.29) is 19.0 Å². The van der Waals surface area contributed by atoms with E-state index in [4.69, 9.17) is 29.6 Å². The van der Waals surface area contributed by atoms with Gasteiger partial charge in [-0.2, -0.15) is 0 Å². The molecule has 0 spiro atoms. The van der Waals surface area contributed by atoms with Gasteiger partial charge in [0.25, 0.3) is 0 Å². The van der Waals surface area contributed by atoms with Gasteiger partial charge in [0.15, 0.2) is 0 Å². The molecule has 0 radical (unpaired) electrons. The Kier molecular flexibility index (Phi) is 10.1. The highest BCUT2D eigenvalue weighted by molar-refractivity contribution is 6.27. The van der Waals surface area contributed by atoms with Gasteiger partial charge in [-0.05, 0) is 18.2 Å². The maximum absolute atomic E-state index is 9.65. The van der Waals surface area contributed by atoms with E-state index in [1.54, 1.807) is 12.1 Å². The van der Waals surface area contributed by atoms with Gasteiger partial charge < -0.3 is 35.6 Å². The number of aliphatic hydroxyl groups is 2. The van der Waals surface area contributed by atoms with Crippen molar-refractivity contribution in [1.29, 1.82) is 0 Å². The average molecular weight is 345 g/mol. The van der Waals surface area contributed by atoms with Gasteiger partial charge in [-0.3, -0.25) is 0 Å². The fraction of sp³-hybridized carbons (Fsp3) is 0.467. The van der Waals surface area contributed by atoms with E-state index in [0.29, 0.717) is 23.9 Å². The van der Waals surface area contributed by atoms with E-state index < -0.39 is 18.0 Å². The highest BCUT2D eigenvalue weighted by atomic mass is 16.5. The number of aliphatic carboxylic acids is 2. The number of carbonyl (C=O) groups is 2. The lowest BCUT2D eigenvalue weighted by Gasteiger charge is -2.15. The van der Waals surface area contributed by atoms with Crippen LogP contribution in [-0.4, -0.2) is 62.8 Å². The van der Waals surface area contributed by atoms with Crippen LogP contribution in [-0.2, 0) is 16.2 Å². The molecule has 1 rings (SSSR count). The molecular weight excluding hydrogens is 322 g/mol. The number of hydrogen-bond donors (Lipinski definition) is 6. The molecule has 0 aliphatic carbocycles. The van der Waals surface area contributed by atoms with Crippen molar-refractivity contribution in [3.05, 3.63) is 23.8 Å². The van der Waals surface area contributed by atoms with Crippen molar-refractivity contribution in [3.63, 3.8) is 0 Å². The summed E-state index contributed by atoms with van der Waals surface area (Å²) in [5.74, 6) is -3.10. The van der Waals surface area contributed by atoms with Crippen molar-refractivity contribution in [2.75, 3.05) is 13.2 Å². The molecule has 0 aliphatic rings. The number of carboxylic acid groups (broad SMARTS) is 2. The lowest BCUT2D eigenvalue weighted by molar-refractivity contribution is -0.159. The van der Waals surface area contributed by atoms with Gasteiger partial charge in [0.2, 0.25) is 0 Å². The van der Waals surface area contributed by atoms with Crippen molar-refractivity contribution in [1.82, 2.24) is 5.32 Å². The van der Waals surface area contributed by atoms with Crippen LogP contribution in [0.1, 0.15) is 19.4 Å². The standard InChI is InChI=1S/C13H21NO4.C2H2O4/c1-9(2)14-6-11(16)8-18-12-3-4-13(17)10(5-12)7-15;3-1(4)2(5)6/h3-5,9,11,14-17H,6-8H2,1-2H3;(H,3,4)(H,5,6). The topological polar surface area (TPSA) is 157 Å². The molecule has 0 bridgehead atoms. The van der Waals surface area contributed by atoms with Crippen molar-refractivity contribution in [2.45, 2.75) is 32.6 Å². The van der Waals surface area contributed by atoms with E-state index in [0.717, 1.165) is 0 Å². The molecule has 0 saturated heterocycles. The fourth-order valence-electron chi connectivity index (χ4n) is 1.40. The molecule has 9 heteroatoms. The second kappa shape index (κ2) is 11.2. The Labute approximate surface area is 139 Å². The zero-order valence-corrected chi connectivity index (χ0v) is 13.5. The Bertz CT molecular complexity index is 520. The van der Waals surface area contributed by atoms with Gasteiger partial charge in [-0.1, -0.05) is 13.8 Å². The number of aromatic hydroxyl groups is 1. The molecule has 6 N–H and O–H groups in total. The minimum atomic E-state index is -1.82. The summed E-state index contributed by atoms with van der Waals surface area (Å²) in [6, 6.07) is 4.92. The molecule has 1 aromatic rings. The first-order chi connectivity index (χ1) is 11.2. The monoisotopic (exact) mass is 345 g/mol. The van der Waals surface area contributed by atoms with E-state index in [1.165, 1.54) is 6.07 Å². The average Bonchev–Trinajstić information content (AvgIpc) is 2.52. The van der Waals surface area contributed by atoms with E-state index in [9.17, 15) is 10.2 Å². The Hall–Kier alpha value is -2.36. The first kappa shape index (κ1) is 21.6. The highest BCUT2D eigenvalue weighted by Gasteiger charge is 2.07. The van der Waals surface area contributed by atoms with Crippen LogP contribution < -0.4 is 10.1 Å². The third kappa shape index (κ3) is 9.62. The zero-order chi connectivity index (χ0) is 18.7. The second-order valence-electron chi connectivity index (χ2n) is 5.09. The maximum Gasteiger partial charge on any atom is 0.414 e. The third-order valence-corrected chi connectivity index (χ3v) is 2.61. The quantitative estimate of drug-likeness (QED) is 0.368. The normalized spacial score (nSPS) is 11.4. The smallest absolute Gasteiger partial charge is 0.414 e. The summed E-state index contributed by atoms with van der Waals surface area (Å²) in [7, 11) is 0. The number of aliphatic hydroxyl groups excluding tert-OH is 2. The van der Waals surface area contributed by atoms with Gasteiger partial charge in [-0.25, -0.2) is 9.59 Å². The van der Waals surface area contributed by atoms with Gasteiger partial charge >= 0.3 is 11.9 Å². The minimum Gasteiger partial charge on any atom is -0.508 e. The number of nitrogens with one attached hydrogen (secondary N) is 1. The third-order valence-electron chi connectivity index (χ3n) is 2.61. The molecule has 24 heavy (non-hydrogen) atoms. The summed E-state index contributed by atoms with van der Waals surface area (Å²) in [4.78, 5) is 18.2. The van der Waals surface area contributed by atoms with Crippen LogP contribution >= 0.6 is 0 Å². The molecule has 9 nitrogen and oxygen atoms in total. The second-order valence-corrected chi connectivity index (χ2v) is 5.09. The van der Waals surface area contributed by atoms with Crippen molar-refractivity contribution >= 4 is 11.9 Å². The molecule has 0 fully saturated rings. The minimum absolute atomic E-state index is 0.0341. The van der Waals surface area contributed by atoms with E-state index in [2.05, 4.69) is 5.32 Å².